The van der Waals surface area contributed by atoms with E-state index >= 15 is 0 Å². The van der Waals surface area contributed by atoms with E-state index in [1.165, 1.54) is 0 Å². The molecule has 0 amide bonds. The van der Waals surface area contributed by atoms with Gasteiger partial charge in [-0.05, 0) is 35.5 Å². The Morgan fingerprint density at radius 3 is 1.36 bits per heavy atom. The molecular formula is C21H40O4. The summed E-state index contributed by atoms with van der Waals surface area (Å²) in [4.78, 5) is 26.0. The van der Waals surface area contributed by atoms with Gasteiger partial charge in [0.15, 0.2) is 5.41 Å². The van der Waals surface area contributed by atoms with E-state index in [1.54, 1.807) is 0 Å². The van der Waals surface area contributed by atoms with Gasteiger partial charge >= 0.3 is 11.9 Å². The highest BCUT2D eigenvalue weighted by Gasteiger charge is 2.51. The van der Waals surface area contributed by atoms with Crippen molar-refractivity contribution >= 4 is 11.9 Å². The molecule has 0 N–H and O–H groups in total. The zero-order valence-corrected chi connectivity index (χ0v) is 18.1. The Labute approximate surface area is 155 Å². The zero-order valence-electron chi connectivity index (χ0n) is 18.1. The average molecular weight is 357 g/mol. The molecule has 0 saturated heterocycles. The van der Waals surface area contributed by atoms with E-state index in [-0.39, 0.29) is 30.0 Å². The van der Waals surface area contributed by atoms with E-state index in [0.29, 0.717) is 12.3 Å². The Balaban J connectivity index is 5.56. The van der Waals surface area contributed by atoms with Crippen molar-refractivity contribution in [2.45, 2.75) is 82.1 Å². The molecule has 25 heavy (non-hydrogen) atoms. The van der Waals surface area contributed by atoms with Crippen LogP contribution in [-0.4, -0.2) is 25.2 Å². The molecule has 0 radical (unpaired) electrons. The third-order valence-corrected chi connectivity index (χ3v) is 4.10. The smallest absolute Gasteiger partial charge is 0.323 e. The number of hydrogen-bond donors (Lipinski definition) is 0. The molecule has 0 bridgehead atoms. The van der Waals surface area contributed by atoms with Gasteiger partial charge in [0.05, 0.1) is 13.2 Å². The van der Waals surface area contributed by atoms with Gasteiger partial charge in [0.1, 0.15) is 0 Å². The van der Waals surface area contributed by atoms with E-state index in [0.717, 1.165) is 6.42 Å². The van der Waals surface area contributed by atoms with Crippen LogP contribution in [0.25, 0.3) is 0 Å². The van der Waals surface area contributed by atoms with Gasteiger partial charge in [-0.3, -0.25) is 9.59 Å². The summed E-state index contributed by atoms with van der Waals surface area (Å²) in [6.07, 6.45) is 1.22. The minimum absolute atomic E-state index is 0.147. The first kappa shape index (κ1) is 23.9. The van der Waals surface area contributed by atoms with Gasteiger partial charge in [-0.2, -0.15) is 0 Å². The van der Waals surface area contributed by atoms with Crippen LogP contribution in [0, 0.1) is 28.1 Å². The van der Waals surface area contributed by atoms with Crippen molar-refractivity contribution in [1.82, 2.24) is 0 Å². The third-order valence-electron chi connectivity index (χ3n) is 4.10. The van der Waals surface area contributed by atoms with Gasteiger partial charge in [0.2, 0.25) is 0 Å². The fourth-order valence-corrected chi connectivity index (χ4v) is 2.39. The summed E-state index contributed by atoms with van der Waals surface area (Å²) in [7, 11) is 0. The Morgan fingerprint density at radius 1 is 0.760 bits per heavy atom. The largest absolute Gasteiger partial charge is 0.464 e. The second-order valence-electron chi connectivity index (χ2n) is 10.3. The lowest BCUT2D eigenvalue weighted by Crippen LogP contribution is -2.47. The van der Waals surface area contributed by atoms with Crippen molar-refractivity contribution < 1.29 is 19.1 Å². The number of carbonyl (C=O) groups excluding carboxylic acids is 2. The minimum Gasteiger partial charge on any atom is -0.464 e. The summed E-state index contributed by atoms with van der Waals surface area (Å²) in [6.45, 7) is 20.6. The predicted molar refractivity (Wildman–Crippen MR) is 102 cm³/mol. The molecule has 0 unspecified atom stereocenters. The summed E-state index contributed by atoms with van der Waals surface area (Å²) in [6, 6.07) is 0. The fourth-order valence-electron chi connectivity index (χ4n) is 2.39. The van der Waals surface area contributed by atoms with Crippen LogP contribution in [0.5, 0.6) is 0 Å². The Hall–Kier alpha value is -1.06. The van der Waals surface area contributed by atoms with Crippen LogP contribution >= 0.6 is 0 Å². The second-order valence-corrected chi connectivity index (χ2v) is 10.3. The molecular weight excluding hydrogens is 316 g/mol. The molecule has 0 rings (SSSR count). The molecule has 4 heteroatoms. The Bertz CT molecular complexity index is 406. The second kappa shape index (κ2) is 9.05. The standard InChI is InChI=1S/C21H40O4/c1-15(2)11-12-21(16(3)4,17(22)24-13-19(5,6)7)18(23)25-14-20(8,9)10/h15-16H,11-14H2,1-10H3. The molecule has 0 aliphatic heterocycles. The molecule has 0 atom stereocenters. The molecule has 148 valence electrons. The fraction of sp³-hybridized carbons (Fsp3) is 0.905. The molecule has 0 saturated carbocycles. The maximum atomic E-state index is 13.0. The highest BCUT2D eigenvalue weighted by molar-refractivity contribution is 6.00. The van der Waals surface area contributed by atoms with Crippen LogP contribution in [0.4, 0.5) is 0 Å². The predicted octanol–water partition coefficient (Wildman–Crippen LogP) is 5.24. The van der Waals surface area contributed by atoms with E-state index in [2.05, 4.69) is 13.8 Å². The zero-order chi connectivity index (χ0) is 20.1. The van der Waals surface area contributed by atoms with Gasteiger partial charge in [0, 0.05) is 0 Å². The van der Waals surface area contributed by atoms with E-state index in [4.69, 9.17) is 9.47 Å². The first-order valence-corrected chi connectivity index (χ1v) is 9.46. The van der Waals surface area contributed by atoms with Crippen molar-refractivity contribution in [3.05, 3.63) is 0 Å². The average Bonchev–Trinajstić information content (AvgIpc) is 2.41. The van der Waals surface area contributed by atoms with Gasteiger partial charge in [-0.1, -0.05) is 69.2 Å². The number of hydrogen-bond acceptors (Lipinski definition) is 4. The SMILES string of the molecule is CC(C)CCC(C(=O)OCC(C)(C)C)(C(=O)OCC(C)(C)C)C(C)C. The van der Waals surface area contributed by atoms with E-state index in [9.17, 15) is 9.59 Å². The first-order chi connectivity index (χ1) is 11.1. The van der Waals surface area contributed by atoms with Gasteiger partial charge in [-0.25, -0.2) is 0 Å². The molecule has 0 aromatic rings. The van der Waals surface area contributed by atoms with Crippen molar-refractivity contribution in [1.29, 1.82) is 0 Å². The molecule has 0 heterocycles. The highest BCUT2D eigenvalue weighted by Crippen LogP contribution is 2.38. The van der Waals surface area contributed by atoms with Gasteiger partial charge in [0.25, 0.3) is 0 Å². The normalized spacial score (nSPS) is 13.3. The Morgan fingerprint density at radius 2 is 1.12 bits per heavy atom. The van der Waals surface area contributed by atoms with Crippen LogP contribution < -0.4 is 0 Å². The molecule has 0 aromatic carbocycles. The van der Waals surface area contributed by atoms with E-state index < -0.39 is 17.4 Å². The van der Waals surface area contributed by atoms with Crippen LogP contribution in [0.15, 0.2) is 0 Å². The topological polar surface area (TPSA) is 52.6 Å². The monoisotopic (exact) mass is 356 g/mol. The van der Waals surface area contributed by atoms with Gasteiger partial charge < -0.3 is 9.47 Å². The summed E-state index contributed by atoms with van der Waals surface area (Å²) in [5.74, 6) is -0.691. The van der Waals surface area contributed by atoms with Crippen LogP contribution in [0.2, 0.25) is 0 Å². The summed E-state index contributed by atoms with van der Waals surface area (Å²) in [5.41, 5.74) is -1.53. The maximum Gasteiger partial charge on any atom is 0.323 e. The molecule has 0 aromatic heterocycles. The third kappa shape index (κ3) is 8.24. The van der Waals surface area contributed by atoms with Crippen molar-refractivity contribution in [3.8, 4) is 0 Å². The lowest BCUT2D eigenvalue weighted by atomic mass is 9.72. The highest BCUT2D eigenvalue weighted by atomic mass is 16.6. The quantitative estimate of drug-likeness (QED) is 0.440. The lowest BCUT2D eigenvalue weighted by molar-refractivity contribution is -0.180. The van der Waals surface area contributed by atoms with Crippen molar-refractivity contribution in [3.63, 3.8) is 0 Å². The molecule has 0 fully saturated rings. The molecule has 0 aliphatic carbocycles. The van der Waals surface area contributed by atoms with E-state index in [1.807, 2.05) is 55.4 Å². The van der Waals surface area contributed by atoms with Crippen LogP contribution in [0.1, 0.15) is 82.1 Å². The van der Waals surface area contributed by atoms with Crippen molar-refractivity contribution in [2.24, 2.45) is 28.1 Å². The summed E-state index contributed by atoms with van der Waals surface area (Å²) in [5, 5.41) is 0. The summed E-state index contributed by atoms with van der Waals surface area (Å²) >= 11 is 0. The summed E-state index contributed by atoms with van der Waals surface area (Å²) < 4.78 is 11.2. The first-order valence-electron chi connectivity index (χ1n) is 9.46. The number of rotatable bonds is 8. The molecule has 0 spiro atoms. The molecule has 0 aliphatic rings. The maximum absolute atomic E-state index is 13.0. The van der Waals surface area contributed by atoms with Gasteiger partial charge in [-0.15, -0.1) is 0 Å². The minimum atomic E-state index is -1.24. The van der Waals surface area contributed by atoms with Crippen LogP contribution in [-0.2, 0) is 19.1 Å². The molecule has 4 nitrogen and oxygen atoms in total. The van der Waals surface area contributed by atoms with Crippen molar-refractivity contribution in [2.75, 3.05) is 13.2 Å². The lowest BCUT2D eigenvalue weighted by Gasteiger charge is -2.35. The van der Waals surface area contributed by atoms with Crippen LogP contribution in [0.3, 0.4) is 0 Å². The number of carbonyl (C=O) groups is 2. The Kier molecular flexibility index (Phi) is 8.66. The number of esters is 2. The number of ether oxygens (including phenoxy) is 2.